The van der Waals surface area contributed by atoms with Crippen molar-refractivity contribution in [1.29, 1.82) is 0 Å². The van der Waals surface area contributed by atoms with Crippen LogP contribution in [0, 0.1) is 17.3 Å². The summed E-state index contributed by atoms with van der Waals surface area (Å²) in [6.45, 7) is 9.47. The molecule has 0 bridgehead atoms. The molecule has 0 aliphatic heterocycles. The molecule has 0 heterocycles. The van der Waals surface area contributed by atoms with Gasteiger partial charge in [0, 0.05) is 13.2 Å². The van der Waals surface area contributed by atoms with E-state index in [2.05, 4.69) is 20.8 Å². The first-order valence-electron chi connectivity index (χ1n) is 8.89. The van der Waals surface area contributed by atoms with Crippen LogP contribution in [0.4, 0.5) is 0 Å². The van der Waals surface area contributed by atoms with Crippen molar-refractivity contribution < 1.29 is 4.74 Å². The van der Waals surface area contributed by atoms with Crippen molar-refractivity contribution >= 4 is 0 Å². The summed E-state index contributed by atoms with van der Waals surface area (Å²) >= 11 is 0. The van der Waals surface area contributed by atoms with E-state index in [1.54, 1.807) is 0 Å². The Morgan fingerprint density at radius 1 is 1.20 bits per heavy atom. The maximum absolute atomic E-state index is 6.09. The van der Waals surface area contributed by atoms with Gasteiger partial charge in [-0.15, -0.1) is 0 Å². The van der Waals surface area contributed by atoms with Crippen LogP contribution in [0.3, 0.4) is 0 Å². The lowest BCUT2D eigenvalue weighted by Gasteiger charge is -2.39. The molecular weight excluding hydrogens is 246 g/mol. The van der Waals surface area contributed by atoms with Gasteiger partial charge >= 0.3 is 0 Å². The second-order valence-electron chi connectivity index (χ2n) is 7.33. The Labute approximate surface area is 126 Å². The van der Waals surface area contributed by atoms with E-state index in [4.69, 9.17) is 10.5 Å². The number of ether oxygens (including phenoxy) is 1. The van der Waals surface area contributed by atoms with Crippen molar-refractivity contribution in [2.75, 3.05) is 19.8 Å². The van der Waals surface area contributed by atoms with Gasteiger partial charge in [-0.1, -0.05) is 40.0 Å². The third-order valence-corrected chi connectivity index (χ3v) is 5.18. The lowest BCUT2D eigenvalue weighted by Crippen LogP contribution is -2.36. The van der Waals surface area contributed by atoms with Crippen LogP contribution in [0.2, 0.25) is 0 Å². The number of hydrogen-bond donors (Lipinski definition) is 1. The molecule has 1 aliphatic carbocycles. The summed E-state index contributed by atoms with van der Waals surface area (Å²) in [6.07, 6.45) is 11.9. The highest BCUT2D eigenvalue weighted by Crippen LogP contribution is 2.42. The fourth-order valence-corrected chi connectivity index (χ4v) is 3.34. The predicted molar refractivity (Wildman–Crippen MR) is 87.9 cm³/mol. The number of unbranched alkanes of at least 4 members (excludes halogenated alkanes) is 1. The Morgan fingerprint density at radius 2 is 1.90 bits per heavy atom. The zero-order chi connectivity index (χ0) is 14.8. The smallest absolute Gasteiger partial charge is 0.0471 e. The van der Waals surface area contributed by atoms with Crippen LogP contribution in [0.1, 0.15) is 78.6 Å². The van der Waals surface area contributed by atoms with E-state index in [1.807, 2.05) is 0 Å². The van der Waals surface area contributed by atoms with E-state index in [0.717, 1.165) is 31.6 Å². The molecule has 1 saturated carbocycles. The third kappa shape index (κ3) is 6.58. The molecule has 0 unspecified atom stereocenters. The summed E-state index contributed by atoms with van der Waals surface area (Å²) in [5.74, 6) is 1.71. The normalized spacial score (nSPS) is 27.1. The molecule has 0 aromatic rings. The van der Waals surface area contributed by atoms with Crippen LogP contribution in [0.5, 0.6) is 0 Å². The van der Waals surface area contributed by atoms with Gasteiger partial charge in [0.2, 0.25) is 0 Å². The number of nitrogens with two attached hydrogens (primary N) is 1. The number of rotatable bonds is 10. The van der Waals surface area contributed by atoms with Gasteiger partial charge in [-0.05, 0) is 62.3 Å². The standard InChI is InChI=1S/C18H37NO/c1-4-5-6-17-7-10-18(15-19,11-8-17)12-14-20-13-9-16(2)3/h16-17H,4-15,19H2,1-3H3. The minimum Gasteiger partial charge on any atom is -0.381 e. The molecule has 0 radical (unpaired) electrons. The minimum atomic E-state index is 0.389. The summed E-state index contributed by atoms with van der Waals surface area (Å²) in [5.41, 5.74) is 6.48. The molecule has 0 amide bonds. The summed E-state index contributed by atoms with van der Waals surface area (Å²) in [5, 5.41) is 0. The Hall–Kier alpha value is -0.0800. The molecule has 0 aromatic carbocycles. The molecule has 120 valence electrons. The molecule has 0 spiro atoms. The first-order chi connectivity index (χ1) is 9.62. The van der Waals surface area contributed by atoms with Crippen molar-refractivity contribution in [2.24, 2.45) is 23.0 Å². The maximum Gasteiger partial charge on any atom is 0.0471 e. The van der Waals surface area contributed by atoms with Crippen molar-refractivity contribution in [3.05, 3.63) is 0 Å². The first-order valence-corrected chi connectivity index (χ1v) is 8.89. The van der Waals surface area contributed by atoms with Crippen molar-refractivity contribution in [2.45, 2.75) is 78.6 Å². The Morgan fingerprint density at radius 3 is 2.45 bits per heavy atom. The van der Waals surface area contributed by atoms with E-state index in [-0.39, 0.29) is 0 Å². The molecule has 2 heteroatoms. The highest BCUT2D eigenvalue weighted by Gasteiger charge is 2.33. The van der Waals surface area contributed by atoms with Gasteiger partial charge in [-0.2, -0.15) is 0 Å². The third-order valence-electron chi connectivity index (χ3n) is 5.18. The van der Waals surface area contributed by atoms with Gasteiger partial charge in [-0.25, -0.2) is 0 Å². The quantitative estimate of drug-likeness (QED) is 0.586. The highest BCUT2D eigenvalue weighted by molar-refractivity contribution is 4.86. The average Bonchev–Trinajstić information content (AvgIpc) is 2.46. The zero-order valence-electron chi connectivity index (χ0n) is 14.1. The molecule has 0 atom stereocenters. The van der Waals surface area contributed by atoms with E-state index >= 15 is 0 Å². The summed E-state index contributed by atoms with van der Waals surface area (Å²) < 4.78 is 5.81. The van der Waals surface area contributed by atoms with Gasteiger partial charge in [-0.3, -0.25) is 0 Å². The van der Waals surface area contributed by atoms with Crippen molar-refractivity contribution in [3.63, 3.8) is 0 Å². The van der Waals surface area contributed by atoms with Gasteiger partial charge in [0.25, 0.3) is 0 Å². The van der Waals surface area contributed by atoms with E-state index < -0.39 is 0 Å². The predicted octanol–water partition coefficient (Wildman–Crippen LogP) is 4.76. The number of hydrogen-bond acceptors (Lipinski definition) is 2. The Bertz CT molecular complexity index is 232. The average molecular weight is 284 g/mol. The van der Waals surface area contributed by atoms with E-state index in [9.17, 15) is 0 Å². The van der Waals surface area contributed by atoms with E-state index in [0.29, 0.717) is 5.41 Å². The summed E-state index contributed by atoms with van der Waals surface area (Å²) in [6, 6.07) is 0. The SMILES string of the molecule is CCCCC1CCC(CN)(CCOCCC(C)C)CC1. The Balaban J connectivity index is 2.21. The summed E-state index contributed by atoms with van der Waals surface area (Å²) in [4.78, 5) is 0. The molecule has 2 N–H and O–H groups in total. The van der Waals surface area contributed by atoms with Crippen LogP contribution in [0.15, 0.2) is 0 Å². The van der Waals surface area contributed by atoms with Gasteiger partial charge < -0.3 is 10.5 Å². The van der Waals surface area contributed by atoms with Crippen LogP contribution < -0.4 is 5.73 Å². The van der Waals surface area contributed by atoms with Gasteiger partial charge in [0.1, 0.15) is 0 Å². The van der Waals surface area contributed by atoms with Crippen LogP contribution in [-0.2, 0) is 4.74 Å². The minimum absolute atomic E-state index is 0.389. The highest BCUT2D eigenvalue weighted by atomic mass is 16.5. The maximum atomic E-state index is 6.09. The molecule has 1 fully saturated rings. The largest absolute Gasteiger partial charge is 0.381 e. The fraction of sp³-hybridized carbons (Fsp3) is 1.00. The second-order valence-corrected chi connectivity index (χ2v) is 7.33. The monoisotopic (exact) mass is 283 g/mol. The van der Waals surface area contributed by atoms with Crippen molar-refractivity contribution in [3.8, 4) is 0 Å². The molecular formula is C18H37NO. The molecule has 1 rings (SSSR count). The van der Waals surface area contributed by atoms with Gasteiger partial charge in [0.05, 0.1) is 0 Å². The van der Waals surface area contributed by atoms with Crippen LogP contribution >= 0.6 is 0 Å². The van der Waals surface area contributed by atoms with E-state index in [1.165, 1.54) is 57.8 Å². The molecule has 0 aromatic heterocycles. The zero-order valence-corrected chi connectivity index (χ0v) is 14.1. The lowest BCUT2D eigenvalue weighted by atomic mass is 9.68. The fourth-order valence-electron chi connectivity index (χ4n) is 3.34. The second kappa shape index (κ2) is 9.78. The summed E-state index contributed by atoms with van der Waals surface area (Å²) in [7, 11) is 0. The lowest BCUT2D eigenvalue weighted by molar-refractivity contribution is 0.0618. The first kappa shape index (κ1) is 18.0. The van der Waals surface area contributed by atoms with Gasteiger partial charge in [0.15, 0.2) is 0 Å². The van der Waals surface area contributed by atoms with Crippen molar-refractivity contribution in [1.82, 2.24) is 0 Å². The molecule has 0 saturated heterocycles. The van der Waals surface area contributed by atoms with Crippen LogP contribution in [-0.4, -0.2) is 19.8 Å². The Kier molecular flexibility index (Phi) is 8.79. The molecule has 1 aliphatic rings. The van der Waals surface area contributed by atoms with Crippen LogP contribution in [0.25, 0.3) is 0 Å². The topological polar surface area (TPSA) is 35.2 Å². The molecule has 20 heavy (non-hydrogen) atoms. The molecule has 2 nitrogen and oxygen atoms in total.